The first-order valence-corrected chi connectivity index (χ1v) is 5.98. The highest BCUT2D eigenvalue weighted by atomic mass is 79.9. The van der Waals surface area contributed by atoms with E-state index in [-0.39, 0.29) is 5.41 Å². The summed E-state index contributed by atoms with van der Waals surface area (Å²) in [7, 11) is 0. The van der Waals surface area contributed by atoms with E-state index >= 15 is 0 Å². The van der Waals surface area contributed by atoms with Gasteiger partial charge in [0.25, 0.3) is 0 Å². The lowest BCUT2D eigenvalue weighted by Crippen LogP contribution is -2.18. The van der Waals surface area contributed by atoms with Crippen LogP contribution in [0.5, 0.6) is 0 Å². The van der Waals surface area contributed by atoms with Crippen LogP contribution in [0.4, 0.5) is 5.82 Å². The van der Waals surface area contributed by atoms with Gasteiger partial charge in [0.1, 0.15) is 11.6 Å². The highest BCUT2D eigenvalue weighted by Gasteiger charge is 2.20. The van der Waals surface area contributed by atoms with Crippen LogP contribution in [0.2, 0.25) is 0 Å². The number of anilines is 1. The minimum absolute atomic E-state index is 0.0582. The number of hydrogen-bond acceptors (Lipinski definition) is 3. The summed E-state index contributed by atoms with van der Waals surface area (Å²) in [6.45, 7) is 8.39. The molecule has 1 rings (SSSR count). The van der Waals surface area contributed by atoms with Crippen molar-refractivity contribution in [2.45, 2.75) is 46.0 Å². The SMILES string of the molecule is CCCc1nc(C(C)(C)C)nc(N)c1Br. The Morgan fingerprint density at radius 3 is 2.33 bits per heavy atom. The van der Waals surface area contributed by atoms with Crippen LogP contribution in [-0.2, 0) is 11.8 Å². The zero-order valence-electron chi connectivity index (χ0n) is 9.76. The van der Waals surface area contributed by atoms with Crippen molar-refractivity contribution in [1.82, 2.24) is 9.97 Å². The minimum atomic E-state index is -0.0582. The topological polar surface area (TPSA) is 51.8 Å². The quantitative estimate of drug-likeness (QED) is 0.900. The predicted octanol–water partition coefficient (Wildman–Crippen LogP) is 3.07. The summed E-state index contributed by atoms with van der Waals surface area (Å²) in [4.78, 5) is 8.86. The Labute approximate surface area is 99.6 Å². The highest BCUT2D eigenvalue weighted by molar-refractivity contribution is 9.10. The molecule has 0 spiro atoms. The normalized spacial score (nSPS) is 11.8. The molecule has 2 N–H and O–H groups in total. The molecule has 0 unspecified atom stereocenters. The minimum Gasteiger partial charge on any atom is -0.383 e. The van der Waals surface area contributed by atoms with E-state index in [1.54, 1.807) is 0 Å². The van der Waals surface area contributed by atoms with Gasteiger partial charge >= 0.3 is 0 Å². The monoisotopic (exact) mass is 271 g/mol. The van der Waals surface area contributed by atoms with Crippen LogP contribution >= 0.6 is 15.9 Å². The molecule has 0 saturated carbocycles. The van der Waals surface area contributed by atoms with Crippen LogP contribution < -0.4 is 5.73 Å². The molecule has 0 amide bonds. The van der Waals surface area contributed by atoms with Gasteiger partial charge in [0.15, 0.2) is 0 Å². The van der Waals surface area contributed by atoms with E-state index in [1.807, 2.05) is 0 Å². The number of aryl methyl sites for hydroxylation is 1. The largest absolute Gasteiger partial charge is 0.383 e. The van der Waals surface area contributed by atoms with E-state index in [0.29, 0.717) is 5.82 Å². The summed E-state index contributed by atoms with van der Waals surface area (Å²) in [5, 5.41) is 0. The van der Waals surface area contributed by atoms with Crippen LogP contribution in [-0.4, -0.2) is 9.97 Å². The Morgan fingerprint density at radius 2 is 1.87 bits per heavy atom. The lowest BCUT2D eigenvalue weighted by Gasteiger charge is -2.18. The Morgan fingerprint density at radius 1 is 1.27 bits per heavy atom. The van der Waals surface area contributed by atoms with Crippen LogP contribution in [0.3, 0.4) is 0 Å². The van der Waals surface area contributed by atoms with Crippen molar-refractivity contribution in [3.8, 4) is 0 Å². The van der Waals surface area contributed by atoms with Gasteiger partial charge in [0, 0.05) is 5.41 Å². The summed E-state index contributed by atoms with van der Waals surface area (Å²) >= 11 is 3.43. The molecule has 0 aliphatic rings. The fourth-order valence-electron chi connectivity index (χ4n) is 1.25. The maximum absolute atomic E-state index is 5.85. The standard InChI is InChI=1S/C11H18BrN3/c1-5-6-7-8(12)9(13)15-10(14-7)11(2,3)4/h5-6H2,1-4H3,(H2,13,14,15). The third-order valence-corrected chi connectivity index (χ3v) is 2.97. The summed E-state index contributed by atoms with van der Waals surface area (Å²) < 4.78 is 0.845. The van der Waals surface area contributed by atoms with Gasteiger partial charge < -0.3 is 5.73 Å². The van der Waals surface area contributed by atoms with E-state index in [0.717, 1.165) is 28.8 Å². The zero-order valence-corrected chi connectivity index (χ0v) is 11.3. The van der Waals surface area contributed by atoms with Gasteiger partial charge in [-0.15, -0.1) is 0 Å². The third kappa shape index (κ3) is 2.91. The van der Waals surface area contributed by atoms with Crippen LogP contribution in [0.1, 0.15) is 45.6 Å². The molecule has 0 radical (unpaired) electrons. The molecule has 15 heavy (non-hydrogen) atoms. The lowest BCUT2D eigenvalue weighted by molar-refractivity contribution is 0.541. The molecule has 1 aromatic rings. The Balaban J connectivity index is 3.23. The van der Waals surface area contributed by atoms with Gasteiger partial charge in [-0.1, -0.05) is 34.1 Å². The Kier molecular flexibility index (Phi) is 3.71. The molecule has 0 atom stereocenters. The molecule has 4 heteroatoms. The molecule has 0 aliphatic heterocycles. The first-order chi connectivity index (χ1) is 6.86. The van der Waals surface area contributed by atoms with E-state index < -0.39 is 0 Å². The maximum atomic E-state index is 5.85. The maximum Gasteiger partial charge on any atom is 0.141 e. The van der Waals surface area contributed by atoms with Crippen molar-refractivity contribution in [2.24, 2.45) is 0 Å². The molecule has 0 bridgehead atoms. The van der Waals surface area contributed by atoms with Crippen molar-refractivity contribution in [3.05, 3.63) is 16.0 Å². The molecule has 0 aromatic carbocycles. The number of rotatable bonds is 2. The summed E-state index contributed by atoms with van der Waals surface area (Å²) in [5.41, 5.74) is 6.80. The third-order valence-electron chi connectivity index (χ3n) is 2.10. The highest BCUT2D eigenvalue weighted by Crippen LogP contribution is 2.26. The van der Waals surface area contributed by atoms with Gasteiger partial charge in [-0.05, 0) is 22.4 Å². The van der Waals surface area contributed by atoms with Gasteiger partial charge in [-0.25, -0.2) is 9.97 Å². The number of nitrogens with zero attached hydrogens (tertiary/aromatic N) is 2. The lowest BCUT2D eigenvalue weighted by atomic mass is 9.95. The first-order valence-electron chi connectivity index (χ1n) is 5.18. The predicted molar refractivity (Wildman–Crippen MR) is 66.8 cm³/mol. The average Bonchev–Trinajstić information content (AvgIpc) is 2.11. The second kappa shape index (κ2) is 4.47. The second-order valence-electron chi connectivity index (χ2n) is 4.69. The number of aromatic nitrogens is 2. The van der Waals surface area contributed by atoms with Gasteiger partial charge in [-0.2, -0.15) is 0 Å². The van der Waals surface area contributed by atoms with Crippen LogP contribution in [0, 0.1) is 0 Å². The summed E-state index contributed by atoms with van der Waals surface area (Å²) in [5.74, 6) is 1.35. The van der Waals surface area contributed by atoms with E-state index in [9.17, 15) is 0 Å². The summed E-state index contributed by atoms with van der Waals surface area (Å²) in [6.07, 6.45) is 1.98. The van der Waals surface area contributed by atoms with Crippen LogP contribution in [0.15, 0.2) is 4.47 Å². The molecule has 0 fully saturated rings. The summed E-state index contributed by atoms with van der Waals surface area (Å²) in [6, 6.07) is 0. The molecule has 0 saturated heterocycles. The van der Waals surface area contributed by atoms with Crippen LogP contribution in [0.25, 0.3) is 0 Å². The molecule has 1 heterocycles. The average molecular weight is 272 g/mol. The van der Waals surface area contributed by atoms with Crippen molar-refractivity contribution in [2.75, 3.05) is 5.73 Å². The molecular formula is C11H18BrN3. The zero-order chi connectivity index (χ0) is 11.6. The number of hydrogen-bond donors (Lipinski definition) is 1. The Hall–Kier alpha value is -0.640. The Bertz CT molecular complexity index is 356. The fourth-order valence-corrected chi connectivity index (χ4v) is 1.63. The van der Waals surface area contributed by atoms with E-state index in [1.165, 1.54) is 0 Å². The van der Waals surface area contributed by atoms with Crippen molar-refractivity contribution in [3.63, 3.8) is 0 Å². The van der Waals surface area contributed by atoms with Gasteiger partial charge in [-0.3, -0.25) is 0 Å². The number of nitrogen functional groups attached to an aromatic ring is 1. The molecule has 0 aliphatic carbocycles. The van der Waals surface area contributed by atoms with Crippen molar-refractivity contribution >= 4 is 21.7 Å². The first kappa shape index (κ1) is 12.4. The van der Waals surface area contributed by atoms with Gasteiger partial charge in [0.05, 0.1) is 10.2 Å². The molecule has 3 nitrogen and oxygen atoms in total. The molecule has 84 valence electrons. The van der Waals surface area contributed by atoms with Gasteiger partial charge in [0.2, 0.25) is 0 Å². The van der Waals surface area contributed by atoms with E-state index in [4.69, 9.17) is 5.73 Å². The van der Waals surface area contributed by atoms with Crippen molar-refractivity contribution in [1.29, 1.82) is 0 Å². The smallest absolute Gasteiger partial charge is 0.141 e. The molecular weight excluding hydrogens is 254 g/mol. The number of halogens is 1. The molecule has 1 aromatic heterocycles. The van der Waals surface area contributed by atoms with Crippen molar-refractivity contribution < 1.29 is 0 Å². The van der Waals surface area contributed by atoms with E-state index in [2.05, 4.69) is 53.6 Å². The fraction of sp³-hybridized carbons (Fsp3) is 0.636. The second-order valence-corrected chi connectivity index (χ2v) is 5.49. The number of nitrogens with two attached hydrogens (primary N) is 1.